The number of amides is 1. The molecule has 0 aliphatic carbocycles. The van der Waals surface area contributed by atoms with Gasteiger partial charge in [0.2, 0.25) is 11.8 Å². The van der Waals surface area contributed by atoms with Crippen LogP contribution in [-0.4, -0.2) is 41.3 Å². The minimum absolute atomic E-state index is 0. The normalized spacial score (nSPS) is 21.2. The number of benzene rings is 1. The molecule has 1 amide bonds. The van der Waals surface area contributed by atoms with Crippen molar-refractivity contribution in [2.45, 2.75) is 38.5 Å². The fourth-order valence-corrected chi connectivity index (χ4v) is 2.69. The molecule has 3 atom stereocenters. The van der Waals surface area contributed by atoms with Gasteiger partial charge < -0.3 is 19.9 Å². The molecule has 7 nitrogen and oxygen atoms in total. The van der Waals surface area contributed by atoms with Crippen LogP contribution >= 0.6 is 12.4 Å². The number of hydrogen-bond donors (Lipinski definition) is 2. The average molecular weight is 367 g/mol. The predicted octanol–water partition coefficient (Wildman–Crippen LogP) is 1.64. The van der Waals surface area contributed by atoms with Crippen LogP contribution in [0.3, 0.4) is 0 Å². The molecule has 0 spiro atoms. The number of nitrogens with zero attached hydrogens (tertiary/aromatic N) is 2. The van der Waals surface area contributed by atoms with E-state index in [-0.39, 0.29) is 36.5 Å². The van der Waals surface area contributed by atoms with E-state index >= 15 is 0 Å². The van der Waals surface area contributed by atoms with Crippen LogP contribution in [0.1, 0.15) is 37.2 Å². The molecular formula is C17H23ClN4O3. The number of aromatic nitrogens is 2. The van der Waals surface area contributed by atoms with Gasteiger partial charge in [0.05, 0.1) is 12.7 Å². The Bertz CT molecular complexity index is 680. The van der Waals surface area contributed by atoms with E-state index in [0.29, 0.717) is 31.3 Å². The number of carbonyl (C=O) groups is 1. The maximum atomic E-state index is 12.3. The molecule has 25 heavy (non-hydrogen) atoms. The topological polar surface area (TPSA) is 89.3 Å². The van der Waals surface area contributed by atoms with E-state index in [1.807, 2.05) is 44.2 Å². The summed E-state index contributed by atoms with van der Waals surface area (Å²) in [6, 6.07) is 9.21. The van der Waals surface area contributed by atoms with Gasteiger partial charge in [0, 0.05) is 13.0 Å². The van der Waals surface area contributed by atoms with Gasteiger partial charge in [0.15, 0.2) is 5.82 Å². The first-order chi connectivity index (χ1) is 11.6. The molecule has 1 unspecified atom stereocenters. The third-order valence-electron chi connectivity index (χ3n) is 4.02. The summed E-state index contributed by atoms with van der Waals surface area (Å²) in [5, 5.41) is 10.0. The van der Waals surface area contributed by atoms with E-state index in [2.05, 4.69) is 20.8 Å². The van der Waals surface area contributed by atoms with Crippen molar-refractivity contribution in [2.24, 2.45) is 0 Å². The van der Waals surface area contributed by atoms with Crippen LogP contribution in [0.2, 0.25) is 0 Å². The lowest BCUT2D eigenvalue weighted by atomic mass is 10.1. The molecule has 8 heteroatoms. The SMILES string of the molecule is CC(NC(=O)[C@H]1NCCO[C@@H]1C)c1nc(Cc2ccccc2)no1.Cl. The van der Waals surface area contributed by atoms with E-state index < -0.39 is 0 Å². The molecule has 2 N–H and O–H groups in total. The zero-order valence-electron chi connectivity index (χ0n) is 14.3. The van der Waals surface area contributed by atoms with Crippen molar-refractivity contribution in [3.05, 3.63) is 47.6 Å². The molecule has 0 saturated carbocycles. The molecule has 3 rings (SSSR count). The molecule has 1 aromatic carbocycles. The van der Waals surface area contributed by atoms with E-state index in [1.165, 1.54) is 0 Å². The van der Waals surface area contributed by atoms with Gasteiger partial charge in [-0.25, -0.2) is 0 Å². The highest BCUT2D eigenvalue weighted by Gasteiger charge is 2.30. The number of nitrogens with one attached hydrogen (secondary N) is 2. The molecule has 1 aliphatic heterocycles. The largest absolute Gasteiger partial charge is 0.375 e. The summed E-state index contributed by atoms with van der Waals surface area (Å²) in [7, 11) is 0. The second kappa shape index (κ2) is 8.94. The maximum absolute atomic E-state index is 12.3. The Kier molecular flexibility index (Phi) is 6.92. The summed E-state index contributed by atoms with van der Waals surface area (Å²) < 4.78 is 10.8. The van der Waals surface area contributed by atoms with Gasteiger partial charge >= 0.3 is 0 Å². The van der Waals surface area contributed by atoms with Crippen LogP contribution in [0.15, 0.2) is 34.9 Å². The summed E-state index contributed by atoms with van der Waals surface area (Å²) in [6.07, 6.45) is 0.433. The zero-order chi connectivity index (χ0) is 16.9. The Morgan fingerprint density at radius 2 is 2.16 bits per heavy atom. The first-order valence-electron chi connectivity index (χ1n) is 8.15. The van der Waals surface area contributed by atoms with Gasteiger partial charge in [0.25, 0.3) is 0 Å². The standard InChI is InChI=1S/C17H22N4O3.ClH/c1-11(19-16(22)15-12(2)23-9-8-18-15)17-20-14(21-24-17)10-13-6-4-3-5-7-13;/h3-7,11-12,15,18H,8-10H2,1-2H3,(H,19,22);1H/t11?,12-,15+;/m1./s1. The van der Waals surface area contributed by atoms with Crippen LogP contribution < -0.4 is 10.6 Å². The van der Waals surface area contributed by atoms with Crippen LogP contribution in [0, 0.1) is 0 Å². The minimum atomic E-state index is -0.368. The molecule has 136 valence electrons. The fraction of sp³-hybridized carbons (Fsp3) is 0.471. The number of morpholine rings is 1. The lowest BCUT2D eigenvalue weighted by Crippen LogP contribution is -2.55. The number of carbonyl (C=O) groups excluding carboxylic acids is 1. The van der Waals surface area contributed by atoms with Gasteiger partial charge in [-0.1, -0.05) is 35.5 Å². The molecule has 2 heterocycles. The summed E-state index contributed by atoms with van der Waals surface area (Å²) >= 11 is 0. The molecule has 0 radical (unpaired) electrons. The summed E-state index contributed by atoms with van der Waals surface area (Å²) in [5.41, 5.74) is 1.11. The van der Waals surface area contributed by atoms with Crippen molar-refractivity contribution in [1.82, 2.24) is 20.8 Å². The second-order valence-electron chi connectivity index (χ2n) is 5.95. The van der Waals surface area contributed by atoms with Crippen molar-refractivity contribution >= 4 is 18.3 Å². The van der Waals surface area contributed by atoms with E-state index in [4.69, 9.17) is 9.26 Å². The summed E-state index contributed by atoms with van der Waals surface area (Å²) in [6.45, 7) is 4.99. The predicted molar refractivity (Wildman–Crippen MR) is 94.6 cm³/mol. The van der Waals surface area contributed by atoms with Gasteiger partial charge in [-0.3, -0.25) is 4.79 Å². The molecule has 1 fully saturated rings. The third-order valence-corrected chi connectivity index (χ3v) is 4.02. The van der Waals surface area contributed by atoms with Gasteiger partial charge in [-0.15, -0.1) is 12.4 Å². The van der Waals surface area contributed by atoms with Crippen molar-refractivity contribution < 1.29 is 14.1 Å². The summed E-state index contributed by atoms with van der Waals surface area (Å²) in [5.74, 6) is 0.876. The van der Waals surface area contributed by atoms with Crippen LogP contribution in [0.4, 0.5) is 0 Å². The Hall–Kier alpha value is -1.96. The maximum Gasteiger partial charge on any atom is 0.248 e. The Morgan fingerprint density at radius 1 is 1.40 bits per heavy atom. The van der Waals surface area contributed by atoms with Crippen molar-refractivity contribution in [3.63, 3.8) is 0 Å². The van der Waals surface area contributed by atoms with Crippen LogP contribution in [-0.2, 0) is 16.0 Å². The lowest BCUT2D eigenvalue weighted by molar-refractivity contribution is -0.129. The van der Waals surface area contributed by atoms with E-state index in [1.54, 1.807) is 0 Å². The molecule has 1 aromatic heterocycles. The van der Waals surface area contributed by atoms with Gasteiger partial charge in [-0.05, 0) is 19.4 Å². The quantitative estimate of drug-likeness (QED) is 0.836. The summed E-state index contributed by atoms with van der Waals surface area (Å²) in [4.78, 5) is 16.7. The van der Waals surface area contributed by atoms with E-state index in [9.17, 15) is 4.79 Å². The second-order valence-corrected chi connectivity index (χ2v) is 5.95. The molecule has 2 aromatic rings. The Labute approximate surface area is 152 Å². The fourth-order valence-electron chi connectivity index (χ4n) is 2.69. The van der Waals surface area contributed by atoms with Crippen molar-refractivity contribution in [1.29, 1.82) is 0 Å². The van der Waals surface area contributed by atoms with Crippen LogP contribution in [0.25, 0.3) is 0 Å². The lowest BCUT2D eigenvalue weighted by Gasteiger charge is -2.29. The highest BCUT2D eigenvalue weighted by atomic mass is 35.5. The molecular weight excluding hydrogens is 344 g/mol. The monoisotopic (exact) mass is 366 g/mol. The average Bonchev–Trinajstić information content (AvgIpc) is 3.04. The number of hydrogen-bond acceptors (Lipinski definition) is 6. The molecule has 0 bridgehead atoms. The highest BCUT2D eigenvalue weighted by Crippen LogP contribution is 2.13. The van der Waals surface area contributed by atoms with E-state index in [0.717, 1.165) is 5.56 Å². The zero-order valence-corrected chi connectivity index (χ0v) is 15.1. The van der Waals surface area contributed by atoms with Crippen LogP contribution in [0.5, 0.6) is 0 Å². The van der Waals surface area contributed by atoms with Gasteiger partial charge in [-0.2, -0.15) is 4.98 Å². The first kappa shape index (κ1) is 19.4. The Balaban J connectivity index is 0.00000225. The minimum Gasteiger partial charge on any atom is -0.375 e. The van der Waals surface area contributed by atoms with Crippen molar-refractivity contribution in [2.75, 3.05) is 13.2 Å². The first-order valence-corrected chi connectivity index (χ1v) is 8.15. The number of rotatable bonds is 5. The smallest absolute Gasteiger partial charge is 0.248 e. The molecule has 1 saturated heterocycles. The number of halogens is 1. The Morgan fingerprint density at radius 3 is 2.88 bits per heavy atom. The highest BCUT2D eigenvalue weighted by molar-refractivity contribution is 5.85. The third kappa shape index (κ3) is 5.01. The number of ether oxygens (including phenoxy) is 1. The van der Waals surface area contributed by atoms with Crippen molar-refractivity contribution in [3.8, 4) is 0 Å². The van der Waals surface area contributed by atoms with Gasteiger partial charge in [0.1, 0.15) is 12.1 Å². The molecule has 1 aliphatic rings.